The van der Waals surface area contributed by atoms with Crippen LogP contribution in [-0.4, -0.2) is 50.2 Å². The van der Waals surface area contributed by atoms with E-state index in [1.807, 2.05) is 0 Å². The molecule has 66 valence electrons. The Bertz CT molecular complexity index is 129. The molecule has 0 aromatic rings. The van der Waals surface area contributed by atoms with Gasteiger partial charge in [0.25, 0.3) is 0 Å². The summed E-state index contributed by atoms with van der Waals surface area (Å²) in [5, 5.41) is 35.5. The van der Waals surface area contributed by atoms with Crippen molar-refractivity contribution >= 4 is 11.6 Å². The Balaban J connectivity index is 2.63. The molecule has 1 aliphatic rings. The maximum Gasteiger partial charge on any atom is 0.110 e. The van der Waals surface area contributed by atoms with E-state index in [0.29, 0.717) is 0 Å². The number of aliphatic hydroxyl groups excluding tert-OH is 4. The van der Waals surface area contributed by atoms with Crippen molar-refractivity contribution in [2.24, 2.45) is 0 Å². The maximum absolute atomic E-state index is 9.08. The van der Waals surface area contributed by atoms with Gasteiger partial charge in [-0.05, 0) is 6.42 Å². The first-order valence-corrected chi connectivity index (χ1v) is 3.84. The number of halogens is 1. The molecule has 1 aliphatic carbocycles. The molecule has 0 aromatic heterocycles. The quantitative estimate of drug-likeness (QED) is 0.342. The lowest BCUT2D eigenvalue weighted by atomic mass is 9.89. The van der Waals surface area contributed by atoms with E-state index in [1.54, 1.807) is 0 Å². The van der Waals surface area contributed by atoms with Crippen LogP contribution in [0.25, 0.3) is 0 Å². The number of hydrogen-bond acceptors (Lipinski definition) is 4. The van der Waals surface area contributed by atoms with Crippen molar-refractivity contribution in [1.82, 2.24) is 0 Å². The van der Waals surface area contributed by atoms with Crippen molar-refractivity contribution in [2.45, 2.75) is 36.2 Å². The van der Waals surface area contributed by atoms with E-state index in [9.17, 15) is 0 Å². The van der Waals surface area contributed by atoms with Gasteiger partial charge in [0.1, 0.15) is 12.2 Å². The van der Waals surface area contributed by atoms with Crippen molar-refractivity contribution < 1.29 is 20.4 Å². The van der Waals surface area contributed by atoms with Crippen LogP contribution in [0, 0.1) is 0 Å². The Hall–Kier alpha value is 0.130. The second kappa shape index (κ2) is 3.25. The normalized spacial score (nSPS) is 52.6. The molecule has 4 nitrogen and oxygen atoms in total. The van der Waals surface area contributed by atoms with E-state index < -0.39 is 29.8 Å². The fourth-order valence-electron chi connectivity index (χ4n) is 1.15. The van der Waals surface area contributed by atoms with Crippen molar-refractivity contribution in [2.75, 3.05) is 0 Å². The fourth-order valence-corrected chi connectivity index (χ4v) is 1.48. The Kier molecular flexibility index (Phi) is 2.72. The van der Waals surface area contributed by atoms with Gasteiger partial charge in [0.15, 0.2) is 0 Å². The van der Waals surface area contributed by atoms with Crippen LogP contribution in [0.5, 0.6) is 0 Å². The average Bonchev–Trinajstić information content (AvgIpc) is 1.97. The Labute approximate surface area is 69.0 Å². The van der Waals surface area contributed by atoms with E-state index in [1.165, 1.54) is 0 Å². The van der Waals surface area contributed by atoms with Crippen molar-refractivity contribution in [3.8, 4) is 0 Å². The van der Waals surface area contributed by atoms with Crippen LogP contribution in [0.1, 0.15) is 6.42 Å². The summed E-state index contributed by atoms with van der Waals surface area (Å²) in [6.07, 6.45) is -4.74. The lowest BCUT2D eigenvalue weighted by molar-refractivity contribution is -0.133. The van der Waals surface area contributed by atoms with Crippen LogP contribution >= 0.6 is 11.6 Å². The lowest BCUT2D eigenvalue weighted by Gasteiger charge is -2.35. The van der Waals surface area contributed by atoms with E-state index in [0.717, 1.165) is 0 Å². The third-order valence-electron chi connectivity index (χ3n) is 1.93. The Morgan fingerprint density at radius 1 is 0.909 bits per heavy atom. The summed E-state index contributed by atoms with van der Waals surface area (Å²) in [5.41, 5.74) is 0. The molecule has 1 rings (SSSR count). The summed E-state index contributed by atoms with van der Waals surface area (Å²) in [7, 11) is 0. The molecule has 0 saturated heterocycles. The zero-order valence-electron chi connectivity index (χ0n) is 5.76. The molecule has 5 atom stereocenters. The highest BCUT2D eigenvalue weighted by atomic mass is 35.5. The van der Waals surface area contributed by atoms with Gasteiger partial charge in [0.05, 0.1) is 17.6 Å². The molecule has 0 aliphatic heterocycles. The largest absolute Gasteiger partial charge is 0.390 e. The van der Waals surface area contributed by atoms with Crippen molar-refractivity contribution in [3.05, 3.63) is 0 Å². The molecular weight excluding hydrogens is 172 g/mol. The predicted octanol–water partition coefficient (Wildman–Crippen LogP) is -1.56. The fraction of sp³-hybridized carbons (Fsp3) is 1.00. The van der Waals surface area contributed by atoms with Crippen molar-refractivity contribution in [3.63, 3.8) is 0 Å². The van der Waals surface area contributed by atoms with Gasteiger partial charge in [0, 0.05) is 0 Å². The second-order valence-electron chi connectivity index (χ2n) is 2.79. The first-order chi connectivity index (χ1) is 5.04. The number of hydrogen-bond donors (Lipinski definition) is 4. The molecule has 0 amide bonds. The molecule has 0 spiro atoms. The second-order valence-corrected chi connectivity index (χ2v) is 3.35. The van der Waals surface area contributed by atoms with E-state index >= 15 is 0 Å². The summed E-state index contributed by atoms with van der Waals surface area (Å²) < 4.78 is 0. The van der Waals surface area contributed by atoms with Gasteiger partial charge in [-0.15, -0.1) is 11.6 Å². The van der Waals surface area contributed by atoms with Gasteiger partial charge >= 0.3 is 0 Å². The SMILES string of the molecule is OC1CC(Cl)C(O)C(O)C1O. The topological polar surface area (TPSA) is 80.9 Å². The summed E-state index contributed by atoms with van der Waals surface area (Å²) in [6.45, 7) is 0. The smallest absolute Gasteiger partial charge is 0.110 e. The molecule has 4 N–H and O–H groups in total. The van der Waals surface area contributed by atoms with Gasteiger partial charge in [-0.3, -0.25) is 0 Å². The molecule has 1 fully saturated rings. The number of alkyl halides is 1. The van der Waals surface area contributed by atoms with Gasteiger partial charge < -0.3 is 20.4 Å². The van der Waals surface area contributed by atoms with Gasteiger partial charge in [0.2, 0.25) is 0 Å². The maximum atomic E-state index is 9.08. The van der Waals surface area contributed by atoms with E-state index in [-0.39, 0.29) is 6.42 Å². The molecule has 5 unspecified atom stereocenters. The zero-order valence-corrected chi connectivity index (χ0v) is 6.52. The molecule has 0 heterocycles. The first kappa shape index (κ1) is 9.22. The summed E-state index contributed by atoms with van der Waals surface area (Å²) in [6, 6.07) is 0. The minimum Gasteiger partial charge on any atom is -0.390 e. The van der Waals surface area contributed by atoms with Gasteiger partial charge in [-0.2, -0.15) is 0 Å². The summed E-state index contributed by atoms with van der Waals surface area (Å²) in [4.78, 5) is 0. The minimum absolute atomic E-state index is 0.0982. The highest BCUT2D eigenvalue weighted by Crippen LogP contribution is 2.24. The van der Waals surface area contributed by atoms with Gasteiger partial charge in [-0.1, -0.05) is 0 Å². The van der Waals surface area contributed by atoms with Crippen LogP contribution < -0.4 is 0 Å². The third-order valence-corrected chi connectivity index (χ3v) is 2.37. The zero-order chi connectivity index (χ0) is 8.59. The molecule has 0 bridgehead atoms. The molecule has 1 saturated carbocycles. The van der Waals surface area contributed by atoms with Crippen LogP contribution in [0.2, 0.25) is 0 Å². The first-order valence-electron chi connectivity index (χ1n) is 3.40. The predicted molar refractivity (Wildman–Crippen MR) is 38.3 cm³/mol. The van der Waals surface area contributed by atoms with Gasteiger partial charge in [-0.25, -0.2) is 0 Å². The third kappa shape index (κ3) is 1.65. The van der Waals surface area contributed by atoms with Crippen molar-refractivity contribution in [1.29, 1.82) is 0 Å². The van der Waals surface area contributed by atoms with Crippen LogP contribution in [0.15, 0.2) is 0 Å². The molecule has 5 heteroatoms. The molecule has 0 radical (unpaired) electrons. The monoisotopic (exact) mass is 182 g/mol. The highest BCUT2D eigenvalue weighted by Gasteiger charge is 2.40. The summed E-state index contributed by atoms with van der Waals surface area (Å²) in [5.74, 6) is 0. The van der Waals surface area contributed by atoms with E-state index in [2.05, 4.69) is 0 Å². The Morgan fingerprint density at radius 3 is 2.00 bits per heavy atom. The van der Waals surface area contributed by atoms with Crippen LogP contribution in [0.4, 0.5) is 0 Å². The molecule has 11 heavy (non-hydrogen) atoms. The Morgan fingerprint density at radius 2 is 1.45 bits per heavy atom. The lowest BCUT2D eigenvalue weighted by Crippen LogP contribution is -2.54. The van der Waals surface area contributed by atoms with Crippen LogP contribution in [-0.2, 0) is 0 Å². The number of rotatable bonds is 0. The standard InChI is InChI=1S/C6H11ClO4/c7-2-1-3(8)5(10)6(11)4(2)9/h2-6,8-11H,1H2. The highest BCUT2D eigenvalue weighted by molar-refractivity contribution is 6.21. The average molecular weight is 183 g/mol. The van der Waals surface area contributed by atoms with E-state index in [4.69, 9.17) is 32.0 Å². The summed E-state index contributed by atoms with van der Waals surface area (Å²) >= 11 is 5.54. The number of aliphatic hydroxyl groups is 4. The molecular formula is C6H11ClO4. The minimum atomic E-state index is -1.35. The van der Waals surface area contributed by atoms with Crippen LogP contribution in [0.3, 0.4) is 0 Å². The molecule has 0 aromatic carbocycles.